The first-order chi connectivity index (χ1) is 11.2. The summed E-state index contributed by atoms with van der Waals surface area (Å²) in [5.74, 6) is 0.487. The number of hydrogen-bond acceptors (Lipinski definition) is 4. The molecule has 1 spiro atoms. The lowest BCUT2D eigenvalue weighted by Crippen LogP contribution is -2.59. The molecular weight excluding hydrogens is 292 g/mol. The predicted octanol–water partition coefficient (Wildman–Crippen LogP) is 2.96. The Morgan fingerprint density at radius 1 is 1.35 bits per heavy atom. The number of amides is 1. The number of morpholine rings is 1. The number of carbonyl (C=O) groups excluding carboxylic acids is 1. The highest BCUT2D eigenvalue weighted by molar-refractivity contribution is 5.97. The molecular formula is C18H26N2O3. The topological polar surface area (TPSA) is 51.7 Å². The fourth-order valence-electron chi connectivity index (χ4n) is 3.76. The van der Waals surface area contributed by atoms with Gasteiger partial charge in [-0.05, 0) is 38.8 Å². The van der Waals surface area contributed by atoms with E-state index in [4.69, 9.17) is 9.47 Å². The zero-order chi connectivity index (χ0) is 16.3. The molecule has 0 atom stereocenters. The first kappa shape index (κ1) is 16.2. The van der Waals surface area contributed by atoms with Crippen molar-refractivity contribution in [2.24, 2.45) is 0 Å². The number of carbonyl (C=O) groups is 1. The molecule has 1 saturated heterocycles. The zero-order valence-electron chi connectivity index (χ0n) is 14.1. The smallest absolute Gasteiger partial charge is 0.259 e. The predicted molar refractivity (Wildman–Crippen MR) is 87.8 cm³/mol. The molecule has 1 aromatic rings. The quantitative estimate of drug-likeness (QED) is 0.860. The van der Waals surface area contributed by atoms with Gasteiger partial charge in [-0.1, -0.05) is 19.3 Å². The average molecular weight is 318 g/mol. The first-order valence-corrected chi connectivity index (χ1v) is 8.66. The van der Waals surface area contributed by atoms with Crippen molar-refractivity contribution in [1.29, 1.82) is 0 Å². The van der Waals surface area contributed by atoms with Crippen LogP contribution < -0.4 is 4.74 Å². The van der Waals surface area contributed by atoms with Crippen molar-refractivity contribution in [1.82, 2.24) is 9.88 Å². The summed E-state index contributed by atoms with van der Waals surface area (Å²) >= 11 is 0. The van der Waals surface area contributed by atoms with E-state index in [1.54, 1.807) is 0 Å². The summed E-state index contributed by atoms with van der Waals surface area (Å²) in [7, 11) is 0. The van der Waals surface area contributed by atoms with E-state index >= 15 is 0 Å². The van der Waals surface area contributed by atoms with Gasteiger partial charge in [0.15, 0.2) is 0 Å². The van der Waals surface area contributed by atoms with Crippen LogP contribution in [-0.4, -0.2) is 47.7 Å². The maximum absolute atomic E-state index is 13.2. The minimum absolute atomic E-state index is 0.0335. The molecule has 0 aromatic carbocycles. The van der Waals surface area contributed by atoms with Gasteiger partial charge in [0.1, 0.15) is 5.56 Å². The molecule has 1 aromatic heterocycles. The van der Waals surface area contributed by atoms with E-state index in [2.05, 4.69) is 4.98 Å². The third-order valence-electron chi connectivity index (χ3n) is 4.94. The summed E-state index contributed by atoms with van der Waals surface area (Å²) < 4.78 is 11.4. The Hall–Kier alpha value is -1.62. The molecule has 1 aliphatic carbocycles. The lowest BCUT2D eigenvalue weighted by atomic mass is 9.80. The summed E-state index contributed by atoms with van der Waals surface area (Å²) in [6, 6.07) is 3.73. The maximum Gasteiger partial charge on any atom is 0.259 e. The molecule has 0 N–H and O–H groups in total. The Kier molecular flexibility index (Phi) is 4.85. The second-order valence-electron chi connectivity index (χ2n) is 6.53. The Morgan fingerprint density at radius 3 is 2.87 bits per heavy atom. The van der Waals surface area contributed by atoms with Gasteiger partial charge >= 0.3 is 0 Å². The molecule has 0 unspecified atom stereocenters. The molecule has 1 aliphatic heterocycles. The van der Waals surface area contributed by atoms with E-state index < -0.39 is 0 Å². The number of aryl methyl sites for hydroxylation is 1. The van der Waals surface area contributed by atoms with Crippen molar-refractivity contribution in [3.8, 4) is 5.88 Å². The van der Waals surface area contributed by atoms with Crippen LogP contribution in [0.5, 0.6) is 5.88 Å². The molecule has 3 rings (SSSR count). The Balaban J connectivity index is 1.91. The molecule has 5 heteroatoms. The molecule has 0 radical (unpaired) electrons. The molecule has 2 heterocycles. The van der Waals surface area contributed by atoms with Crippen LogP contribution in [0.4, 0.5) is 0 Å². The first-order valence-electron chi connectivity index (χ1n) is 8.66. The van der Waals surface area contributed by atoms with Gasteiger partial charge in [0.25, 0.3) is 5.91 Å². The highest BCUT2D eigenvalue weighted by Gasteiger charge is 2.43. The number of aromatic nitrogens is 1. The summed E-state index contributed by atoms with van der Waals surface area (Å²) in [5, 5.41) is 0. The fraction of sp³-hybridized carbons (Fsp3) is 0.667. The lowest BCUT2D eigenvalue weighted by Gasteiger charge is -2.49. The minimum atomic E-state index is -0.137. The van der Waals surface area contributed by atoms with Crippen molar-refractivity contribution in [3.63, 3.8) is 0 Å². The standard InChI is InChI=1S/C18H26N2O3/c1-3-23-16-15(8-7-14(2)19-16)17(21)20-11-12-22-13-18(20)9-5-4-6-10-18/h7-8H,3-6,9-13H2,1-2H3. The van der Waals surface area contributed by atoms with E-state index in [-0.39, 0.29) is 11.4 Å². The van der Waals surface area contributed by atoms with Crippen molar-refractivity contribution >= 4 is 5.91 Å². The van der Waals surface area contributed by atoms with Crippen molar-refractivity contribution in [2.45, 2.75) is 51.5 Å². The Bertz CT molecular complexity index is 559. The van der Waals surface area contributed by atoms with Gasteiger partial charge in [0.2, 0.25) is 5.88 Å². The van der Waals surface area contributed by atoms with Crippen molar-refractivity contribution < 1.29 is 14.3 Å². The SMILES string of the molecule is CCOc1nc(C)ccc1C(=O)N1CCOCC12CCCCC2. The number of pyridine rings is 1. The Labute approximate surface area is 138 Å². The molecule has 2 aliphatic rings. The monoisotopic (exact) mass is 318 g/mol. The van der Waals surface area contributed by atoms with Gasteiger partial charge in [-0.3, -0.25) is 4.79 Å². The van der Waals surface area contributed by atoms with Gasteiger partial charge < -0.3 is 14.4 Å². The molecule has 1 saturated carbocycles. The van der Waals surface area contributed by atoms with E-state index in [1.807, 2.05) is 30.9 Å². The average Bonchev–Trinajstić information content (AvgIpc) is 2.56. The summed E-state index contributed by atoms with van der Waals surface area (Å²) in [6.07, 6.45) is 5.64. The van der Waals surface area contributed by atoms with Crippen LogP contribution in [0.3, 0.4) is 0 Å². The number of hydrogen-bond donors (Lipinski definition) is 0. The van der Waals surface area contributed by atoms with E-state index in [0.717, 1.165) is 31.4 Å². The fourth-order valence-corrected chi connectivity index (χ4v) is 3.76. The summed E-state index contributed by atoms with van der Waals surface area (Å²) in [6.45, 7) is 6.24. The largest absolute Gasteiger partial charge is 0.477 e. The molecule has 2 fully saturated rings. The molecule has 1 amide bonds. The van der Waals surface area contributed by atoms with Crippen LogP contribution in [0.15, 0.2) is 12.1 Å². The number of ether oxygens (including phenoxy) is 2. The summed E-state index contributed by atoms with van der Waals surface area (Å²) in [5.41, 5.74) is 1.30. The molecule has 126 valence electrons. The van der Waals surface area contributed by atoms with Crippen LogP contribution in [-0.2, 0) is 4.74 Å². The lowest BCUT2D eigenvalue weighted by molar-refractivity contribution is -0.0683. The van der Waals surface area contributed by atoms with Crippen LogP contribution in [0.25, 0.3) is 0 Å². The van der Waals surface area contributed by atoms with E-state index in [0.29, 0.717) is 37.8 Å². The second kappa shape index (κ2) is 6.87. The van der Waals surface area contributed by atoms with Crippen LogP contribution in [0.1, 0.15) is 55.1 Å². The molecule has 0 bridgehead atoms. The third kappa shape index (κ3) is 3.20. The van der Waals surface area contributed by atoms with Crippen molar-refractivity contribution in [3.05, 3.63) is 23.4 Å². The minimum Gasteiger partial charge on any atom is -0.477 e. The van der Waals surface area contributed by atoms with Gasteiger partial charge in [-0.15, -0.1) is 0 Å². The van der Waals surface area contributed by atoms with E-state index in [9.17, 15) is 4.79 Å². The van der Waals surface area contributed by atoms with Crippen LogP contribution in [0.2, 0.25) is 0 Å². The van der Waals surface area contributed by atoms with Gasteiger partial charge in [-0.2, -0.15) is 0 Å². The highest BCUT2D eigenvalue weighted by Crippen LogP contribution is 2.37. The van der Waals surface area contributed by atoms with E-state index in [1.165, 1.54) is 6.42 Å². The number of rotatable bonds is 3. The normalized spacial score (nSPS) is 20.5. The molecule has 5 nitrogen and oxygen atoms in total. The molecule has 23 heavy (non-hydrogen) atoms. The Morgan fingerprint density at radius 2 is 2.13 bits per heavy atom. The maximum atomic E-state index is 13.2. The van der Waals surface area contributed by atoms with Gasteiger partial charge in [0, 0.05) is 12.2 Å². The zero-order valence-corrected chi connectivity index (χ0v) is 14.1. The van der Waals surface area contributed by atoms with Crippen LogP contribution >= 0.6 is 0 Å². The van der Waals surface area contributed by atoms with Crippen molar-refractivity contribution in [2.75, 3.05) is 26.4 Å². The third-order valence-corrected chi connectivity index (χ3v) is 4.94. The highest BCUT2D eigenvalue weighted by atomic mass is 16.5. The van der Waals surface area contributed by atoms with Gasteiger partial charge in [0.05, 0.1) is 25.4 Å². The van der Waals surface area contributed by atoms with Gasteiger partial charge in [-0.25, -0.2) is 4.98 Å². The second-order valence-corrected chi connectivity index (χ2v) is 6.53. The number of nitrogens with zero attached hydrogens (tertiary/aromatic N) is 2. The summed E-state index contributed by atoms with van der Waals surface area (Å²) in [4.78, 5) is 19.7. The van der Waals surface area contributed by atoms with Crippen LogP contribution in [0, 0.1) is 6.92 Å².